The van der Waals surface area contributed by atoms with Gasteiger partial charge in [-0.15, -0.1) is 0 Å². The minimum absolute atomic E-state index is 0.226. The van der Waals surface area contributed by atoms with Gasteiger partial charge in [-0.05, 0) is 18.6 Å². The Morgan fingerprint density at radius 2 is 2.15 bits per heavy atom. The molecule has 0 aliphatic carbocycles. The van der Waals surface area contributed by atoms with Crippen LogP contribution >= 0.6 is 0 Å². The number of nitrogens with one attached hydrogen (secondary N) is 1. The summed E-state index contributed by atoms with van der Waals surface area (Å²) in [5.41, 5.74) is 1.84. The molecular formula is C14H17N3O3. The monoisotopic (exact) mass is 275 g/mol. The Labute approximate surface area is 116 Å². The molecule has 2 aromatic rings. The molecule has 1 aromatic carbocycles. The lowest BCUT2D eigenvalue weighted by atomic mass is 10.2. The van der Waals surface area contributed by atoms with Crippen molar-refractivity contribution in [1.82, 2.24) is 14.9 Å². The first kappa shape index (κ1) is 14.0. The van der Waals surface area contributed by atoms with Crippen LogP contribution < -0.4 is 5.32 Å². The van der Waals surface area contributed by atoms with Gasteiger partial charge in [0.2, 0.25) is 5.91 Å². The van der Waals surface area contributed by atoms with Gasteiger partial charge in [0.25, 0.3) is 0 Å². The van der Waals surface area contributed by atoms with Crippen molar-refractivity contribution >= 4 is 22.9 Å². The maximum Gasteiger partial charge on any atom is 0.326 e. The number of rotatable bonds is 6. The van der Waals surface area contributed by atoms with Gasteiger partial charge in [-0.25, -0.2) is 9.78 Å². The fraction of sp³-hybridized carbons (Fsp3) is 0.357. The largest absolute Gasteiger partial charge is 0.480 e. The predicted octanol–water partition coefficient (Wildman–Crippen LogP) is 1.41. The molecule has 1 heterocycles. The summed E-state index contributed by atoms with van der Waals surface area (Å²) in [7, 11) is 0. The number of benzene rings is 1. The molecule has 2 rings (SSSR count). The van der Waals surface area contributed by atoms with Crippen LogP contribution in [-0.4, -0.2) is 32.6 Å². The molecular weight excluding hydrogens is 258 g/mol. The van der Waals surface area contributed by atoms with Gasteiger partial charge in [0.05, 0.1) is 17.4 Å². The van der Waals surface area contributed by atoms with E-state index >= 15 is 0 Å². The van der Waals surface area contributed by atoms with Crippen molar-refractivity contribution in [3.8, 4) is 0 Å². The average Bonchev–Trinajstić information content (AvgIpc) is 2.85. The average molecular weight is 275 g/mol. The van der Waals surface area contributed by atoms with Gasteiger partial charge in [-0.3, -0.25) is 4.79 Å². The van der Waals surface area contributed by atoms with Gasteiger partial charge in [0.15, 0.2) is 0 Å². The second-order valence-electron chi connectivity index (χ2n) is 4.54. The Kier molecular flexibility index (Phi) is 4.34. The molecule has 0 unspecified atom stereocenters. The molecule has 0 spiro atoms. The summed E-state index contributed by atoms with van der Waals surface area (Å²) in [5.74, 6) is -1.27. The number of imidazole rings is 1. The Morgan fingerprint density at radius 1 is 1.40 bits per heavy atom. The smallest absolute Gasteiger partial charge is 0.326 e. The number of carbonyl (C=O) groups excluding carboxylic acids is 1. The van der Waals surface area contributed by atoms with Crippen molar-refractivity contribution < 1.29 is 14.7 Å². The highest BCUT2D eigenvalue weighted by Gasteiger charge is 2.17. The van der Waals surface area contributed by atoms with Crippen LogP contribution in [0.3, 0.4) is 0 Å². The SMILES string of the molecule is CC[C@H](NC(=O)CCn1cnc2ccccc21)C(=O)O. The van der Waals surface area contributed by atoms with Crippen LogP contribution in [-0.2, 0) is 16.1 Å². The topological polar surface area (TPSA) is 84.2 Å². The van der Waals surface area contributed by atoms with E-state index in [1.807, 2.05) is 28.8 Å². The molecule has 0 saturated carbocycles. The minimum atomic E-state index is -1.01. The second-order valence-corrected chi connectivity index (χ2v) is 4.54. The number of hydrogen-bond donors (Lipinski definition) is 2. The number of aromatic nitrogens is 2. The molecule has 106 valence electrons. The van der Waals surface area contributed by atoms with E-state index in [9.17, 15) is 9.59 Å². The molecule has 1 aromatic heterocycles. The van der Waals surface area contributed by atoms with Crippen molar-refractivity contribution in [3.05, 3.63) is 30.6 Å². The Hall–Kier alpha value is -2.37. The number of para-hydroxylation sites is 2. The number of fused-ring (bicyclic) bond motifs is 1. The van der Waals surface area contributed by atoms with E-state index in [0.717, 1.165) is 11.0 Å². The first-order valence-electron chi connectivity index (χ1n) is 6.54. The number of nitrogens with zero attached hydrogens (tertiary/aromatic N) is 2. The summed E-state index contributed by atoms with van der Waals surface area (Å²) in [5, 5.41) is 11.4. The summed E-state index contributed by atoms with van der Waals surface area (Å²) in [6.45, 7) is 2.20. The van der Waals surface area contributed by atoms with Gasteiger partial charge in [0.1, 0.15) is 6.04 Å². The molecule has 2 N–H and O–H groups in total. The van der Waals surface area contributed by atoms with Crippen molar-refractivity contribution in [2.75, 3.05) is 0 Å². The number of carbonyl (C=O) groups is 2. The first-order valence-corrected chi connectivity index (χ1v) is 6.54. The number of carboxylic acid groups (broad SMARTS) is 1. The lowest BCUT2D eigenvalue weighted by molar-refractivity contribution is -0.141. The molecule has 6 nitrogen and oxygen atoms in total. The van der Waals surface area contributed by atoms with Crippen LogP contribution in [0.25, 0.3) is 11.0 Å². The molecule has 1 atom stereocenters. The van der Waals surface area contributed by atoms with Gasteiger partial charge in [-0.2, -0.15) is 0 Å². The van der Waals surface area contributed by atoms with E-state index in [0.29, 0.717) is 13.0 Å². The summed E-state index contributed by atoms with van der Waals surface area (Å²) in [6, 6.07) is 6.85. The highest BCUT2D eigenvalue weighted by Crippen LogP contribution is 2.12. The Morgan fingerprint density at radius 3 is 2.85 bits per heavy atom. The van der Waals surface area contributed by atoms with E-state index in [-0.39, 0.29) is 12.3 Å². The van der Waals surface area contributed by atoms with Crippen molar-refractivity contribution in [3.63, 3.8) is 0 Å². The fourth-order valence-electron chi connectivity index (χ4n) is 2.02. The van der Waals surface area contributed by atoms with Crippen LogP contribution in [0.2, 0.25) is 0 Å². The molecule has 20 heavy (non-hydrogen) atoms. The summed E-state index contributed by atoms with van der Waals surface area (Å²) >= 11 is 0. The summed E-state index contributed by atoms with van der Waals surface area (Å²) in [4.78, 5) is 26.8. The van der Waals surface area contributed by atoms with Crippen LogP contribution in [0.15, 0.2) is 30.6 Å². The van der Waals surface area contributed by atoms with E-state index in [1.165, 1.54) is 0 Å². The third-order valence-corrected chi connectivity index (χ3v) is 3.15. The normalized spacial score (nSPS) is 12.2. The van der Waals surface area contributed by atoms with Crippen LogP contribution in [0, 0.1) is 0 Å². The minimum Gasteiger partial charge on any atom is -0.480 e. The fourth-order valence-corrected chi connectivity index (χ4v) is 2.02. The molecule has 0 aliphatic heterocycles. The molecule has 6 heteroatoms. The zero-order chi connectivity index (χ0) is 14.5. The maximum absolute atomic E-state index is 11.7. The zero-order valence-corrected chi connectivity index (χ0v) is 11.2. The molecule has 0 radical (unpaired) electrons. The summed E-state index contributed by atoms with van der Waals surface area (Å²) in [6.07, 6.45) is 2.28. The highest BCUT2D eigenvalue weighted by molar-refractivity contribution is 5.83. The number of carboxylic acids is 1. The van der Waals surface area contributed by atoms with Gasteiger partial charge in [0, 0.05) is 13.0 Å². The molecule has 0 bridgehead atoms. The number of aryl methyl sites for hydroxylation is 1. The van der Waals surface area contributed by atoms with Crippen molar-refractivity contribution in [2.45, 2.75) is 32.4 Å². The van der Waals surface area contributed by atoms with E-state index in [1.54, 1.807) is 13.3 Å². The Bertz CT molecular complexity index is 621. The van der Waals surface area contributed by atoms with Gasteiger partial charge >= 0.3 is 5.97 Å². The standard InChI is InChI=1S/C14H17N3O3/c1-2-10(14(19)20)16-13(18)7-8-17-9-15-11-5-3-4-6-12(11)17/h3-6,9-10H,2,7-8H2,1H3,(H,16,18)(H,19,20)/t10-/m0/s1. The van der Waals surface area contributed by atoms with Crippen molar-refractivity contribution in [2.24, 2.45) is 0 Å². The van der Waals surface area contributed by atoms with E-state index in [2.05, 4.69) is 10.3 Å². The molecule has 0 fully saturated rings. The van der Waals surface area contributed by atoms with Gasteiger partial charge < -0.3 is 15.0 Å². The van der Waals surface area contributed by atoms with E-state index < -0.39 is 12.0 Å². The van der Waals surface area contributed by atoms with E-state index in [4.69, 9.17) is 5.11 Å². The lowest BCUT2D eigenvalue weighted by Gasteiger charge is -2.12. The first-order chi connectivity index (χ1) is 9.61. The Balaban J connectivity index is 1.95. The van der Waals surface area contributed by atoms with Crippen molar-refractivity contribution in [1.29, 1.82) is 0 Å². The predicted molar refractivity (Wildman–Crippen MR) is 74.2 cm³/mol. The van der Waals surface area contributed by atoms with Crippen LogP contribution in [0.1, 0.15) is 19.8 Å². The third kappa shape index (κ3) is 3.14. The quantitative estimate of drug-likeness (QED) is 0.834. The molecule has 1 amide bonds. The highest BCUT2D eigenvalue weighted by atomic mass is 16.4. The summed E-state index contributed by atoms with van der Waals surface area (Å²) < 4.78 is 1.89. The maximum atomic E-state index is 11.7. The molecule has 0 aliphatic rings. The second kappa shape index (κ2) is 6.18. The van der Waals surface area contributed by atoms with Gasteiger partial charge in [-0.1, -0.05) is 19.1 Å². The zero-order valence-electron chi connectivity index (χ0n) is 11.2. The number of aliphatic carboxylic acids is 1. The number of amides is 1. The van der Waals surface area contributed by atoms with Crippen LogP contribution in [0.5, 0.6) is 0 Å². The molecule has 0 saturated heterocycles. The lowest BCUT2D eigenvalue weighted by Crippen LogP contribution is -2.40. The third-order valence-electron chi connectivity index (χ3n) is 3.15. The number of hydrogen-bond acceptors (Lipinski definition) is 3. The van der Waals surface area contributed by atoms with Crippen LogP contribution in [0.4, 0.5) is 0 Å².